The summed E-state index contributed by atoms with van der Waals surface area (Å²) < 4.78 is 11.7. The van der Waals surface area contributed by atoms with Gasteiger partial charge in [0.1, 0.15) is 17.9 Å². The molecule has 7 heteroatoms. The normalized spacial score (nSPS) is 22.8. The predicted octanol–water partition coefficient (Wildman–Crippen LogP) is 1.99. The van der Waals surface area contributed by atoms with Crippen LogP contribution in [0, 0.1) is 0 Å². The number of amides is 1. The first-order valence-electron chi connectivity index (χ1n) is 8.70. The topological polar surface area (TPSA) is 80.3 Å². The monoisotopic (exact) mass is 342 g/mol. The number of hydrogen-bond acceptors (Lipinski definition) is 5. The van der Waals surface area contributed by atoms with E-state index in [0.717, 1.165) is 25.1 Å². The smallest absolute Gasteiger partial charge is 0.257 e. The largest absolute Gasteiger partial charge is 0.490 e. The molecule has 7 nitrogen and oxygen atoms in total. The van der Waals surface area contributed by atoms with Crippen molar-refractivity contribution in [1.82, 2.24) is 20.1 Å². The van der Waals surface area contributed by atoms with Gasteiger partial charge in [-0.3, -0.25) is 9.89 Å². The number of aromatic nitrogens is 3. The maximum Gasteiger partial charge on any atom is 0.257 e. The van der Waals surface area contributed by atoms with E-state index >= 15 is 0 Å². The molecule has 25 heavy (non-hydrogen) atoms. The minimum atomic E-state index is -0.0848. The molecule has 0 radical (unpaired) electrons. The van der Waals surface area contributed by atoms with E-state index in [2.05, 4.69) is 15.2 Å². The summed E-state index contributed by atoms with van der Waals surface area (Å²) in [4.78, 5) is 18.8. The second kappa shape index (κ2) is 6.84. The van der Waals surface area contributed by atoms with Crippen molar-refractivity contribution >= 4 is 5.91 Å². The SMILES string of the molecule is CN(C[C@H]1OCC[C@H]1c1ncn[nH]1)C(=O)c1ccccc1OC1CC1. The molecule has 2 fully saturated rings. The third kappa shape index (κ3) is 3.51. The quantitative estimate of drug-likeness (QED) is 0.868. The zero-order chi connectivity index (χ0) is 17.2. The molecule has 0 spiro atoms. The summed E-state index contributed by atoms with van der Waals surface area (Å²) in [5.41, 5.74) is 0.603. The van der Waals surface area contributed by atoms with Crippen LogP contribution in [-0.4, -0.2) is 58.4 Å². The van der Waals surface area contributed by atoms with Crippen LogP contribution in [0.25, 0.3) is 0 Å². The van der Waals surface area contributed by atoms with Gasteiger partial charge in [-0.1, -0.05) is 12.1 Å². The summed E-state index contributed by atoms with van der Waals surface area (Å²) >= 11 is 0. The number of rotatable bonds is 6. The molecule has 1 aromatic heterocycles. The number of benzene rings is 1. The number of H-pyrrole nitrogens is 1. The van der Waals surface area contributed by atoms with Gasteiger partial charge in [-0.25, -0.2) is 4.98 Å². The van der Waals surface area contributed by atoms with Crippen LogP contribution in [0.4, 0.5) is 0 Å². The molecule has 1 aromatic carbocycles. The standard InChI is InChI=1S/C18H22N4O3/c1-22(10-16-13(8-9-24-16)17-19-11-20-21-17)18(23)14-4-2-3-5-15(14)25-12-6-7-12/h2-5,11-13,16H,6-10H2,1H3,(H,19,20,21)/t13-,16-/m1/s1. The number of ether oxygens (including phenoxy) is 2. The molecule has 132 valence electrons. The van der Waals surface area contributed by atoms with Crippen molar-refractivity contribution in [2.45, 2.75) is 37.4 Å². The number of likely N-dealkylation sites (N-methyl/N-ethyl adjacent to an activating group) is 1. The second-order valence-corrected chi connectivity index (χ2v) is 6.67. The van der Waals surface area contributed by atoms with Gasteiger partial charge in [0.05, 0.1) is 17.8 Å². The molecule has 0 unspecified atom stereocenters. The van der Waals surface area contributed by atoms with Crippen LogP contribution in [0.3, 0.4) is 0 Å². The Morgan fingerprint density at radius 1 is 1.36 bits per heavy atom. The summed E-state index contributed by atoms with van der Waals surface area (Å²) in [6.45, 7) is 1.17. The van der Waals surface area contributed by atoms with Crippen molar-refractivity contribution in [2.24, 2.45) is 0 Å². The van der Waals surface area contributed by atoms with Crippen molar-refractivity contribution in [2.75, 3.05) is 20.2 Å². The van der Waals surface area contributed by atoms with E-state index in [9.17, 15) is 4.79 Å². The Morgan fingerprint density at radius 2 is 2.20 bits per heavy atom. The van der Waals surface area contributed by atoms with Gasteiger partial charge in [-0.15, -0.1) is 0 Å². The van der Waals surface area contributed by atoms with Crippen LogP contribution < -0.4 is 4.74 Å². The Labute approximate surface area is 146 Å². The maximum absolute atomic E-state index is 12.9. The highest BCUT2D eigenvalue weighted by atomic mass is 16.5. The van der Waals surface area contributed by atoms with Crippen molar-refractivity contribution in [3.63, 3.8) is 0 Å². The van der Waals surface area contributed by atoms with E-state index in [0.29, 0.717) is 24.5 Å². The molecule has 1 saturated heterocycles. The van der Waals surface area contributed by atoms with E-state index in [-0.39, 0.29) is 24.0 Å². The summed E-state index contributed by atoms with van der Waals surface area (Å²) in [7, 11) is 1.80. The molecule has 4 rings (SSSR count). The zero-order valence-electron chi connectivity index (χ0n) is 14.2. The van der Waals surface area contributed by atoms with Crippen LogP contribution >= 0.6 is 0 Å². The van der Waals surface area contributed by atoms with Crippen LogP contribution in [0.2, 0.25) is 0 Å². The van der Waals surface area contributed by atoms with Crippen molar-refractivity contribution in [3.05, 3.63) is 42.0 Å². The van der Waals surface area contributed by atoms with Crippen LogP contribution in [0.15, 0.2) is 30.6 Å². The molecular formula is C18H22N4O3. The minimum absolute atomic E-state index is 0.0527. The number of para-hydroxylation sites is 1. The van der Waals surface area contributed by atoms with Gasteiger partial charge in [0.25, 0.3) is 5.91 Å². The highest BCUT2D eigenvalue weighted by Gasteiger charge is 2.34. The van der Waals surface area contributed by atoms with Crippen molar-refractivity contribution in [3.8, 4) is 5.75 Å². The molecule has 0 bridgehead atoms. The fourth-order valence-corrected chi connectivity index (χ4v) is 3.20. The summed E-state index contributed by atoms with van der Waals surface area (Å²) in [6, 6.07) is 7.45. The number of carbonyl (C=O) groups excluding carboxylic acids is 1. The Balaban J connectivity index is 1.45. The van der Waals surface area contributed by atoms with Gasteiger partial charge in [-0.05, 0) is 31.4 Å². The molecular weight excluding hydrogens is 320 g/mol. The van der Waals surface area contributed by atoms with E-state index in [1.807, 2.05) is 24.3 Å². The lowest BCUT2D eigenvalue weighted by molar-refractivity contribution is 0.0547. The number of hydrogen-bond donors (Lipinski definition) is 1. The number of nitrogens with zero attached hydrogens (tertiary/aromatic N) is 3. The van der Waals surface area contributed by atoms with Crippen LogP contribution in [-0.2, 0) is 4.74 Å². The molecule has 1 N–H and O–H groups in total. The van der Waals surface area contributed by atoms with Gasteiger partial charge >= 0.3 is 0 Å². The minimum Gasteiger partial charge on any atom is -0.490 e. The molecule has 1 saturated carbocycles. The Kier molecular flexibility index (Phi) is 4.40. The number of aromatic amines is 1. The third-order valence-electron chi connectivity index (χ3n) is 4.73. The molecule has 2 heterocycles. The zero-order valence-corrected chi connectivity index (χ0v) is 14.2. The lowest BCUT2D eigenvalue weighted by atomic mass is 10.00. The fraction of sp³-hybridized carbons (Fsp3) is 0.500. The Morgan fingerprint density at radius 3 is 2.96 bits per heavy atom. The first kappa shape index (κ1) is 16.1. The maximum atomic E-state index is 12.9. The van der Waals surface area contributed by atoms with Crippen LogP contribution in [0.1, 0.15) is 41.4 Å². The average Bonchev–Trinajstić information content (AvgIpc) is 3.10. The van der Waals surface area contributed by atoms with Gasteiger partial charge in [0, 0.05) is 26.1 Å². The van der Waals surface area contributed by atoms with Gasteiger partial charge in [-0.2, -0.15) is 5.10 Å². The lowest BCUT2D eigenvalue weighted by Gasteiger charge is -2.24. The summed E-state index contributed by atoms with van der Waals surface area (Å²) in [5.74, 6) is 1.57. The first-order chi connectivity index (χ1) is 12.2. The van der Waals surface area contributed by atoms with E-state index in [4.69, 9.17) is 9.47 Å². The molecule has 2 aliphatic rings. The van der Waals surface area contributed by atoms with Crippen LogP contribution in [0.5, 0.6) is 5.75 Å². The van der Waals surface area contributed by atoms with Gasteiger partial charge in [0.15, 0.2) is 0 Å². The molecule has 1 aliphatic carbocycles. The summed E-state index contributed by atoms with van der Waals surface area (Å²) in [5, 5.41) is 6.84. The average molecular weight is 342 g/mol. The molecule has 2 atom stereocenters. The third-order valence-corrected chi connectivity index (χ3v) is 4.73. The second-order valence-electron chi connectivity index (χ2n) is 6.67. The Bertz CT molecular complexity index is 730. The van der Waals surface area contributed by atoms with Gasteiger partial charge < -0.3 is 14.4 Å². The van der Waals surface area contributed by atoms with E-state index in [1.165, 1.54) is 6.33 Å². The molecule has 2 aromatic rings. The van der Waals surface area contributed by atoms with Crippen molar-refractivity contribution < 1.29 is 14.3 Å². The van der Waals surface area contributed by atoms with E-state index in [1.54, 1.807) is 11.9 Å². The summed E-state index contributed by atoms with van der Waals surface area (Å²) in [6.07, 6.45) is 4.68. The molecule has 1 amide bonds. The number of carbonyl (C=O) groups is 1. The highest BCUT2D eigenvalue weighted by Crippen LogP contribution is 2.31. The first-order valence-corrected chi connectivity index (χ1v) is 8.70. The fourth-order valence-electron chi connectivity index (χ4n) is 3.20. The highest BCUT2D eigenvalue weighted by molar-refractivity contribution is 5.96. The van der Waals surface area contributed by atoms with E-state index < -0.39 is 0 Å². The molecule has 1 aliphatic heterocycles. The lowest BCUT2D eigenvalue weighted by Crippen LogP contribution is -2.36. The van der Waals surface area contributed by atoms with Crippen molar-refractivity contribution in [1.29, 1.82) is 0 Å². The number of nitrogens with one attached hydrogen (secondary N) is 1. The Hall–Kier alpha value is -2.41. The predicted molar refractivity (Wildman–Crippen MR) is 90.5 cm³/mol. The van der Waals surface area contributed by atoms with Gasteiger partial charge in [0.2, 0.25) is 0 Å².